The summed E-state index contributed by atoms with van der Waals surface area (Å²) in [4.78, 5) is 23.2. The number of esters is 2. The molecular formula is C26H50O5. The van der Waals surface area contributed by atoms with Crippen molar-refractivity contribution in [2.24, 2.45) is 0 Å². The molecule has 0 aliphatic carbocycles. The summed E-state index contributed by atoms with van der Waals surface area (Å²) in [5.74, 6) is -0.647. The minimum Gasteiger partial charge on any atom is -0.462 e. The van der Waals surface area contributed by atoms with Crippen LogP contribution in [0.3, 0.4) is 0 Å². The minimum absolute atomic E-state index is 0.0694. The van der Waals surface area contributed by atoms with Crippen molar-refractivity contribution in [1.29, 1.82) is 0 Å². The van der Waals surface area contributed by atoms with Crippen molar-refractivity contribution in [3.05, 3.63) is 0 Å². The van der Waals surface area contributed by atoms with E-state index in [2.05, 4.69) is 6.92 Å². The van der Waals surface area contributed by atoms with Crippen LogP contribution in [0.25, 0.3) is 0 Å². The van der Waals surface area contributed by atoms with Gasteiger partial charge in [-0.15, -0.1) is 0 Å². The first-order valence-corrected chi connectivity index (χ1v) is 13.1. The molecule has 0 radical (unpaired) electrons. The van der Waals surface area contributed by atoms with Crippen molar-refractivity contribution < 1.29 is 24.2 Å². The third-order valence-corrected chi connectivity index (χ3v) is 5.62. The van der Waals surface area contributed by atoms with Crippen molar-refractivity contribution in [3.8, 4) is 0 Å². The Balaban J connectivity index is 3.40. The molecular weight excluding hydrogens is 392 g/mol. The average molecular weight is 443 g/mol. The van der Waals surface area contributed by atoms with E-state index in [-0.39, 0.29) is 25.2 Å². The van der Waals surface area contributed by atoms with Crippen molar-refractivity contribution >= 4 is 11.9 Å². The minimum atomic E-state index is -0.755. The quantitative estimate of drug-likeness (QED) is 0.138. The first-order chi connectivity index (χ1) is 15.1. The van der Waals surface area contributed by atoms with E-state index < -0.39 is 6.10 Å². The molecule has 1 atom stereocenters. The number of hydrogen-bond donors (Lipinski definition) is 1. The Morgan fingerprint density at radius 3 is 1.48 bits per heavy atom. The van der Waals surface area contributed by atoms with Crippen molar-refractivity contribution in [2.45, 2.75) is 142 Å². The molecule has 0 spiro atoms. The zero-order valence-electron chi connectivity index (χ0n) is 20.5. The maximum absolute atomic E-state index is 11.9. The molecule has 1 N–H and O–H groups in total. The molecule has 0 amide bonds. The zero-order chi connectivity index (χ0) is 23.0. The summed E-state index contributed by atoms with van der Waals surface area (Å²) in [6.45, 7) is 3.76. The van der Waals surface area contributed by atoms with Crippen LogP contribution in [0.4, 0.5) is 0 Å². The number of carbonyl (C=O) groups excluding carboxylic acids is 2. The summed E-state index contributed by atoms with van der Waals surface area (Å²) in [6, 6.07) is 0. The van der Waals surface area contributed by atoms with Gasteiger partial charge in [0.15, 0.2) is 6.10 Å². The summed E-state index contributed by atoms with van der Waals surface area (Å²) in [5.41, 5.74) is 0. The summed E-state index contributed by atoms with van der Waals surface area (Å²) in [6.07, 6.45) is 21.4. The standard InChI is InChI=1S/C26H50O5/c1-3-5-6-7-8-9-10-11-12-13-14-15-16-17-18-19-21-26(29)31-24(22-27)23-30-25(28)20-4-2/h24,27H,3-23H2,1-2H3. The molecule has 5 heteroatoms. The third-order valence-electron chi connectivity index (χ3n) is 5.62. The van der Waals surface area contributed by atoms with Gasteiger partial charge in [-0.25, -0.2) is 0 Å². The number of ether oxygens (including phenoxy) is 2. The topological polar surface area (TPSA) is 72.8 Å². The number of rotatable bonds is 23. The van der Waals surface area contributed by atoms with Gasteiger partial charge < -0.3 is 14.6 Å². The van der Waals surface area contributed by atoms with Crippen LogP contribution in [-0.4, -0.2) is 36.4 Å². The highest BCUT2D eigenvalue weighted by atomic mass is 16.6. The van der Waals surface area contributed by atoms with Crippen LogP contribution in [0.15, 0.2) is 0 Å². The van der Waals surface area contributed by atoms with Crippen LogP contribution in [0, 0.1) is 0 Å². The van der Waals surface area contributed by atoms with Gasteiger partial charge >= 0.3 is 11.9 Å². The molecule has 31 heavy (non-hydrogen) atoms. The number of aliphatic hydroxyl groups is 1. The molecule has 5 nitrogen and oxygen atoms in total. The van der Waals surface area contributed by atoms with E-state index in [1.165, 1.54) is 83.5 Å². The lowest BCUT2D eigenvalue weighted by Crippen LogP contribution is -2.28. The normalized spacial score (nSPS) is 12.0. The molecule has 0 aromatic carbocycles. The van der Waals surface area contributed by atoms with Gasteiger partial charge in [-0.2, -0.15) is 0 Å². The molecule has 0 saturated heterocycles. The fraction of sp³-hybridized carbons (Fsp3) is 0.923. The van der Waals surface area contributed by atoms with Crippen molar-refractivity contribution in [2.75, 3.05) is 13.2 Å². The van der Waals surface area contributed by atoms with Crippen LogP contribution in [-0.2, 0) is 19.1 Å². The Morgan fingerprint density at radius 2 is 1.06 bits per heavy atom. The molecule has 0 aromatic heterocycles. The molecule has 0 fully saturated rings. The average Bonchev–Trinajstić information content (AvgIpc) is 2.76. The maximum atomic E-state index is 11.9. The number of unbranched alkanes of at least 4 members (excludes halogenated alkanes) is 15. The molecule has 0 bridgehead atoms. The van der Waals surface area contributed by atoms with Crippen LogP contribution in [0.5, 0.6) is 0 Å². The Morgan fingerprint density at radius 1 is 0.613 bits per heavy atom. The number of carbonyl (C=O) groups is 2. The highest BCUT2D eigenvalue weighted by molar-refractivity contribution is 5.70. The predicted octanol–water partition coefficient (Wildman–Crippen LogP) is 6.89. The van der Waals surface area contributed by atoms with Gasteiger partial charge in [-0.05, 0) is 12.8 Å². The molecule has 0 aromatic rings. The number of hydrogen-bond acceptors (Lipinski definition) is 5. The van der Waals surface area contributed by atoms with Crippen LogP contribution < -0.4 is 0 Å². The van der Waals surface area contributed by atoms with Gasteiger partial charge in [0.05, 0.1) is 6.61 Å². The SMILES string of the molecule is CCCCCCCCCCCCCCCCCCC(=O)OC(CO)COC(=O)CCC. The van der Waals surface area contributed by atoms with Gasteiger partial charge in [-0.1, -0.05) is 110 Å². The smallest absolute Gasteiger partial charge is 0.306 e. The van der Waals surface area contributed by atoms with E-state index >= 15 is 0 Å². The predicted molar refractivity (Wildman–Crippen MR) is 127 cm³/mol. The van der Waals surface area contributed by atoms with Crippen LogP contribution >= 0.6 is 0 Å². The number of aliphatic hydroxyl groups excluding tert-OH is 1. The first kappa shape index (κ1) is 29.9. The molecule has 0 aliphatic heterocycles. The van der Waals surface area contributed by atoms with Gasteiger partial charge in [-0.3, -0.25) is 9.59 Å². The fourth-order valence-corrected chi connectivity index (χ4v) is 3.65. The lowest BCUT2D eigenvalue weighted by atomic mass is 10.0. The highest BCUT2D eigenvalue weighted by Crippen LogP contribution is 2.14. The van der Waals surface area contributed by atoms with Crippen molar-refractivity contribution in [3.63, 3.8) is 0 Å². The lowest BCUT2D eigenvalue weighted by molar-refractivity contribution is -0.161. The van der Waals surface area contributed by atoms with Crippen molar-refractivity contribution in [1.82, 2.24) is 0 Å². The van der Waals surface area contributed by atoms with E-state index in [0.29, 0.717) is 19.3 Å². The van der Waals surface area contributed by atoms with Gasteiger partial charge in [0.1, 0.15) is 6.61 Å². The van der Waals surface area contributed by atoms with E-state index in [1.54, 1.807) is 0 Å². The van der Waals surface area contributed by atoms with Gasteiger partial charge in [0.25, 0.3) is 0 Å². The largest absolute Gasteiger partial charge is 0.462 e. The summed E-state index contributed by atoms with van der Waals surface area (Å²) in [7, 11) is 0. The molecule has 184 valence electrons. The second-order valence-corrected chi connectivity index (χ2v) is 8.78. The Bertz CT molecular complexity index is 411. The second kappa shape index (κ2) is 23.6. The van der Waals surface area contributed by atoms with E-state index in [4.69, 9.17) is 9.47 Å². The van der Waals surface area contributed by atoms with Crippen LogP contribution in [0.2, 0.25) is 0 Å². The zero-order valence-corrected chi connectivity index (χ0v) is 20.5. The molecule has 0 rings (SSSR count). The highest BCUT2D eigenvalue weighted by Gasteiger charge is 2.15. The summed E-state index contributed by atoms with van der Waals surface area (Å²) >= 11 is 0. The Hall–Kier alpha value is -1.10. The molecule has 1 unspecified atom stereocenters. The lowest BCUT2D eigenvalue weighted by Gasteiger charge is -2.15. The van der Waals surface area contributed by atoms with Gasteiger partial charge in [0, 0.05) is 12.8 Å². The fourth-order valence-electron chi connectivity index (χ4n) is 3.65. The van der Waals surface area contributed by atoms with Gasteiger partial charge in [0.2, 0.25) is 0 Å². The van der Waals surface area contributed by atoms with E-state index in [0.717, 1.165) is 19.3 Å². The second-order valence-electron chi connectivity index (χ2n) is 8.78. The molecule has 0 saturated carbocycles. The van der Waals surface area contributed by atoms with E-state index in [1.807, 2.05) is 6.92 Å². The summed E-state index contributed by atoms with van der Waals surface area (Å²) in [5, 5.41) is 9.26. The summed E-state index contributed by atoms with van der Waals surface area (Å²) < 4.78 is 10.2. The molecule has 0 heterocycles. The third kappa shape index (κ3) is 21.9. The van der Waals surface area contributed by atoms with Crippen LogP contribution in [0.1, 0.15) is 136 Å². The maximum Gasteiger partial charge on any atom is 0.306 e. The molecule has 0 aliphatic rings. The Kier molecular flexibility index (Phi) is 22.7. The van der Waals surface area contributed by atoms with E-state index in [9.17, 15) is 14.7 Å². The Labute approximate surface area is 191 Å². The first-order valence-electron chi connectivity index (χ1n) is 13.1. The monoisotopic (exact) mass is 442 g/mol.